The first-order valence-electron chi connectivity index (χ1n) is 11.6. The standard InChI is InChI=1S/C26H30F2N4O2S/c1-26(27,28)18-32-21(5-4-14-30-19-8-10-22(11-9-19)35(2,33)34)17-23-24(6-3-7-25(23)32)31-20-12-15-29-16-13-20/h3,6-11,17,20,29-31H,12-16,18H2,1-2H3. The molecule has 0 unspecified atom stereocenters. The fourth-order valence-corrected chi connectivity index (χ4v) is 4.88. The van der Waals surface area contributed by atoms with Crippen LogP contribution in [0.15, 0.2) is 53.4 Å². The number of sulfone groups is 1. The molecule has 35 heavy (non-hydrogen) atoms. The van der Waals surface area contributed by atoms with Crippen LogP contribution in [0.2, 0.25) is 0 Å². The van der Waals surface area contributed by atoms with Gasteiger partial charge < -0.3 is 20.5 Å². The van der Waals surface area contributed by atoms with E-state index in [0.29, 0.717) is 11.7 Å². The van der Waals surface area contributed by atoms with Crippen molar-refractivity contribution in [2.24, 2.45) is 0 Å². The number of alkyl halides is 2. The molecule has 1 saturated heterocycles. The lowest BCUT2D eigenvalue weighted by Crippen LogP contribution is -2.35. The van der Waals surface area contributed by atoms with Gasteiger partial charge in [0.2, 0.25) is 0 Å². The number of piperidine rings is 1. The quantitative estimate of drug-likeness (QED) is 0.421. The van der Waals surface area contributed by atoms with Gasteiger partial charge in [-0.25, -0.2) is 17.2 Å². The van der Waals surface area contributed by atoms with Gasteiger partial charge >= 0.3 is 0 Å². The van der Waals surface area contributed by atoms with E-state index in [4.69, 9.17) is 0 Å². The summed E-state index contributed by atoms with van der Waals surface area (Å²) in [5.41, 5.74) is 2.90. The summed E-state index contributed by atoms with van der Waals surface area (Å²) >= 11 is 0. The van der Waals surface area contributed by atoms with Gasteiger partial charge in [-0.05, 0) is 74.3 Å². The maximum absolute atomic E-state index is 14.0. The lowest BCUT2D eigenvalue weighted by molar-refractivity contribution is 0.00490. The van der Waals surface area contributed by atoms with Crippen LogP contribution >= 0.6 is 0 Å². The number of benzene rings is 2. The molecule has 0 atom stereocenters. The summed E-state index contributed by atoms with van der Waals surface area (Å²) in [5, 5.41) is 10.9. The molecule has 0 saturated carbocycles. The molecule has 4 rings (SSSR count). The van der Waals surface area contributed by atoms with E-state index in [1.54, 1.807) is 16.7 Å². The summed E-state index contributed by atoms with van der Waals surface area (Å²) in [6.45, 7) is 2.64. The summed E-state index contributed by atoms with van der Waals surface area (Å²) in [6.07, 6.45) is 3.17. The van der Waals surface area contributed by atoms with E-state index in [0.717, 1.165) is 61.4 Å². The number of anilines is 2. The Morgan fingerprint density at radius 1 is 1.14 bits per heavy atom. The SMILES string of the molecule is CC(F)(F)Cn1c(C#CCNc2ccc(S(C)(=O)=O)cc2)cc2c(NC3CCNCC3)cccc21. The number of fused-ring (bicyclic) bond motifs is 1. The molecule has 1 fully saturated rings. The molecule has 3 aromatic rings. The van der Waals surface area contributed by atoms with E-state index in [1.807, 2.05) is 24.3 Å². The first-order valence-corrected chi connectivity index (χ1v) is 13.5. The Morgan fingerprint density at radius 2 is 1.86 bits per heavy atom. The predicted octanol–water partition coefficient (Wildman–Crippen LogP) is 4.33. The molecule has 1 aromatic heterocycles. The van der Waals surface area contributed by atoms with Crippen LogP contribution in [0.25, 0.3) is 10.9 Å². The molecule has 1 aliphatic rings. The van der Waals surface area contributed by atoms with Gasteiger partial charge in [0.25, 0.3) is 5.92 Å². The molecule has 2 heterocycles. The lowest BCUT2D eigenvalue weighted by Gasteiger charge is -2.25. The van der Waals surface area contributed by atoms with Crippen molar-refractivity contribution in [3.05, 3.63) is 54.2 Å². The van der Waals surface area contributed by atoms with Gasteiger partial charge in [0, 0.05) is 36.0 Å². The molecule has 0 spiro atoms. The molecule has 1 aliphatic heterocycles. The molecular formula is C26H30F2N4O2S. The van der Waals surface area contributed by atoms with E-state index in [1.165, 1.54) is 12.1 Å². The highest BCUT2D eigenvalue weighted by atomic mass is 32.2. The van der Waals surface area contributed by atoms with Crippen LogP contribution < -0.4 is 16.0 Å². The highest BCUT2D eigenvalue weighted by Gasteiger charge is 2.25. The minimum absolute atomic E-state index is 0.244. The van der Waals surface area contributed by atoms with Gasteiger partial charge in [0.05, 0.1) is 29.2 Å². The van der Waals surface area contributed by atoms with Crippen LogP contribution in [-0.4, -0.2) is 50.8 Å². The van der Waals surface area contributed by atoms with Crippen molar-refractivity contribution in [3.63, 3.8) is 0 Å². The van der Waals surface area contributed by atoms with Gasteiger partial charge in [-0.2, -0.15) is 0 Å². The molecule has 0 bridgehead atoms. The third kappa shape index (κ3) is 6.53. The fraction of sp³-hybridized carbons (Fsp3) is 0.385. The highest BCUT2D eigenvalue weighted by molar-refractivity contribution is 7.90. The van der Waals surface area contributed by atoms with Crippen molar-refractivity contribution in [2.75, 3.05) is 36.5 Å². The van der Waals surface area contributed by atoms with Crippen molar-refractivity contribution < 1.29 is 17.2 Å². The minimum atomic E-state index is -3.25. The average Bonchev–Trinajstić information content (AvgIpc) is 3.14. The van der Waals surface area contributed by atoms with Crippen LogP contribution in [0.3, 0.4) is 0 Å². The van der Waals surface area contributed by atoms with Gasteiger partial charge in [-0.1, -0.05) is 12.0 Å². The first-order chi connectivity index (χ1) is 16.6. The summed E-state index contributed by atoms with van der Waals surface area (Å²) < 4.78 is 52.9. The van der Waals surface area contributed by atoms with Crippen molar-refractivity contribution in [2.45, 2.75) is 43.2 Å². The van der Waals surface area contributed by atoms with Gasteiger partial charge in [0.15, 0.2) is 9.84 Å². The Balaban J connectivity index is 1.57. The zero-order chi connectivity index (χ0) is 25.1. The molecule has 0 aliphatic carbocycles. The zero-order valence-electron chi connectivity index (χ0n) is 19.9. The highest BCUT2D eigenvalue weighted by Crippen LogP contribution is 2.30. The molecule has 3 N–H and O–H groups in total. The average molecular weight is 501 g/mol. The summed E-state index contributed by atoms with van der Waals surface area (Å²) in [4.78, 5) is 0.244. The minimum Gasteiger partial charge on any atom is -0.382 e. The van der Waals surface area contributed by atoms with Crippen molar-refractivity contribution in [1.82, 2.24) is 9.88 Å². The zero-order valence-corrected chi connectivity index (χ0v) is 20.7. The van der Waals surface area contributed by atoms with Crippen LogP contribution in [0.4, 0.5) is 20.2 Å². The Hall–Kier alpha value is -3.09. The number of hydrogen-bond acceptors (Lipinski definition) is 5. The Bertz CT molecular complexity index is 1340. The summed E-state index contributed by atoms with van der Waals surface area (Å²) in [7, 11) is -3.25. The van der Waals surface area contributed by atoms with Crippen LogP contribution in [0, 0.1) is 11.8 Å². The van der Waals surface area contributed by atoms with Crippen molar-refractivity contribution in [3.8, 4) is 11.8 Å². The van der Waals surface area contributed by atoms with E-state index in [-0.39, 0.29) is 11.4 Å². The number of rotatable bonds is 7. The van der Waals surface area contributed by atoms with Crippen LogP contribution in [-0.2, 0) is 16.4 Å². The van der Waals surface area contributed by atoms with Crippen molar-refractivity contribution in [1.29, 1.82) is 0 Å². The Morgan fingerprint density at radius 3 is 2.51 bits per heavy atom. The topological polar surface area (TPSA) is 75.2 Å². The maximum Gasteiger partial charge on any atom is 0.262 e. The molecular weight excluding hydrogens is 470 g/mol. The molecule has 186 valence electrons. The predicted molar refractivity (Wildman–Crippen MR) is 137 cm³/mol. The molecule has 0 amide bonds. The van der Waals surface area contributed by atoms with Crippen molar-refractivity contribution >= 4 is 32.1 Å². The number of nitrogens with one attached hydrogen (secondary N) is 3. The van der Waals surface area contributed by atoms with E-state index in [9.17, 15) is 17.2 Å². The number of aromatic nitrogens is 1. The van der Waals surface area contributed by atoms with E-state index in [2.05, 4.69) is 27.8 Å². The number of halogens is 2. The maximum atomic E-state index is 14.0. The molecule has 0 radical (unpaired) electrons. The summed E-state index contributed by atoms with van der Waals surface area (Å²) in [6, 6.07) is 14.3. The van der Waals surface area contributed by atoms with Gasteiger partial charge in [-0.3, -0.25) is 0 Å². The largest absolute Gasteiger partial charge is 0.382 e. The van der Waals surface area contributed by atoms with Crippen LogP contribution in [0.1, 0.15) is 25.5 Å². The molecule has 6 nitrogen and oxygen atoms in total. The second kappa shape index (κ2) is 10.3. The summed E-state index contributed by atoms with van der Waals surface area (Å²) in [5.74, 6) is 3.17. The monoisotopic (exact) mass is 500 g/mol. The van der Waals surface area contributed by atoms with E-state index < -0.39 is 22.3 Å². The molecule has 2 aromatic carbocycles. The Labute approximate surface area is 205 Å². The second-order valence-electron chi connectivity index (χ2n) is 9.04. The van der Waals surface area contributed by atoms with Gasteiger partial charge in [-0.15, -0.1) is 0 Å². The smallest absolute Gasteiger partial charge is 0.262 e. The number of hydrogen-bond donors (Lipinski definition) is 3. The van der Waals surface area contributed by atoms with Crippen LogP contribution in [0.5, 0.6) is 0 Å². The Kier molecular flexibility index (Phi) is 7.33. The van der Waals surface area contributed by atoms with E-state index >= 15 is 0 Å². The third-order valence-electron chi connectivity index (χ3n) is 5.96. The van der Waals surface area contributed by atoms with Gasteiger partial charge in [0.1, 0.15) is 0 Å². The third-order valence-corrected chi connectivity index (χ3v) is 7.09. The lowest BCUT2D eigenvalue weighted by atomic mass is 10.1. The second-order valence-corrected chi connectivity index (χ2v) is 11.1. The normalized spacial score (nSPS) is 15.0. The number of nitrogens with zero attached hydrogens (tertiary/aromatic N) is 1. The first kappa shape index (κ1) is 25.0. The fourth-order valence-electron chi connectivity index (χ4n) is 4.25. The molecule has 9 heteroatoms.